The average Bonchev–Trinajstić information content (AvgIpc) is 2.90. The van der Waals surface area contributed by atoms with Gasteiger partial charge in [0, 0.05) is 36.5 Å². The third-order valence-corrected chi connectivity index (χ3v) is 3.97. The fourth-order valence-corrected chi connectivity index (χ4v) is 2.83. The molecule has 1 aliphatic heterocycles. The molecule has 23 heavy (non-hydrogen) atoms. The molecular formula is C18H19N3O2. The molecule has 1 N–H and O–H groups in total. The summed E-state index contributed by atoms with van der Waals surface area (Å²) in [5.41, 5.74) is 1.03. The van der Waals surface area contributed by atoms with Crippen LogP contribution in [0.2, 0.25) is 0 Å². The Labute approximate surface area is 135 Å². The first-order valence-corrected chi connectivity index (χ1v) is 7.63. The van der Waals surface area contributed by atoms with Crippen molar-refractivity contribution in [1.29, 1.82) is 0 Å². The summed E-state index contributed by atoms with van der Waals surface area (Å²) in [7, 11) is 0. The monoisotopic (exact) mass is 309 g/mol. The van der Waals surface area contributed by atoms with Crippen molar-refractivity contribution in [3.8, 4) is 0 Å². The summed E-state index contributed by atoms with van der Waals surface area (Å²) >= 11 is 0. The van der Waals surface area contributed by atoms with Crippen LogP contribution in [0.15, 0.2) is 60.0 Å². The second kappa shape index (κ2) is 6.30. The van der Waals surface area contributed by atoms with Crippen molar-refractivity contribution in [3.05, 3.63) is 66.0 Å². The van der Waals surface area contributed by atoms with Gasteiger partial charge in [-0.25, -0.2) is 0 Å². The molecule has 5 nitrogen and oxygen atoms in total. The van der Waals surface area contributed by atoms with Crippen LogP contribution in [0.3, 0.4) is 0 Å². The molecule has 2 heterocycles. The molecule has 0 radical (unpaired) electrons. The van der Waals surface area contributed by atoms with E-state index in [1.165, 1.54) is 5.01 Å². The minimum atomic E-state index is -1.42. The van der Waals surface area contributed by atoms with E-state index >= 15 is 0 Å². The highest BCUT2D eigenvalue weighted by molar-refractivity contribution is 5.89. The standard InChI is InChI=1S/C18H19N3O2/c1-14-13-18(23,16-9-11-19-12-10-16)21(20-14)17(22)8-7-15-5-3-2-4-6-15/h2-6,9-12,23H,7-8,13H2,1H3. The number of aromatic nitrogens is 1. The Hall–Kier alpha value is -2.53. The topological polar surface area (TPSA) is 65.8 Å². The maximum atomic E-state index is 12.6. The Kier molecular flexibility index (Phi) is 4.21. The predicted octanol–water partition coefficient (Wildman–Crippen LogP) is 2.47. The first kappa shape index (κ1) is 15.4. The SMILES string of the molecule is CC1=NN(C(=O)CCc2ccccc2)C(O)(c2ccncc2)C1. The number of rotatable bonds is 4. The van der Waals surface area contributed by atoms with Gasteiger partial charge in [-0.15, -0.1) is 0 Å². The highest BCUT2D eigenvalue weighted by Gasteiger charge is 2.44. The zero-order valence-corrected chi connectivity index (χ0v) is 13.0. The molecule has 0 saturated carbocycles. The number of carbonyl (C=O) groups excluding carboxylic acids is 1. The Balaban J connectivity index is 1.77. The van der Waals surface area contributed by atoms with Gasteiger partial charge in [0.25, 0.3) is 0 Å². The van der Waals surface area contributed by atoms with Crippen molar-refractivity contribution in [3.63, 3.8) is 0 Å². The number of amides is 1. The van der Waals surface area contributed by atoms with Crippen LogP contribution in [0.25, 0.3) is 0 Å². The van der Waals surface area contributed by atoms with Crippen LogP contribution in [0.1, 0.15) is 30.9 Å². The second-order valence-electron chi connectivity index (χ2n) is 5.76. The molecule has 5 heteroatoms. The lowest BCUT2D eigenvalue weighted by atomic mass is 9.98. The molecule has 0 aliphatic carbocycles. The average molecular weight is 309 g/mol. The molecule has 0 bridgehead atoms. The van der Waals surface area contributed by atoms with Crippen LogP contribution in [0.5, 0.6) is 0 Å². The fourth-order valence-electron chi connectivity index (χ4n) is 2.83. The molecule has 1 aliphatic rings. The van der Waals surface area contributed by atoms with Gasteiger partial charge in [-0.1, -0.05) is 30.3 Å². The van der Waals surface area contributed by atoms with Crippen molar-refractivity contribution in [2.24, 2.45) is 5.10 Å². The van der Waals surface area contributed by atoms with E-state index in [9.17, 15) is 9.90 Å². The highest BCUT2D eigenvalue weighted by Crippen LogP contribution is 2.35. The van der Waals surface area contributed by atoms with Gasteiger partial charge in [-0.05, 0) is 31.0 Å². The van der Waals surface area contributed by atoms with E-state index in [4.69, 9.17) is 0 Å². The third-order valence-electron chi connectivity index (χ3n) is 3.97. The molecule has 0 fully saturated rings. The molecule has 1 aromatic carbocycles. The van der Waals surface area contributed by atoms with Crippen molar-refractivity contribution in [1.82, 2.24) is 9.99 Å². The molecular weight excluding hydrogens is 290 g/mol. The number of hydrogen-bond donors (Lipinski definition) is 1. The summed E-state index contributed by atoms with van der Waals surface area (Å²) in [4.78, 5) is 16.6. The first-order chi connectivity index (χ1) is 11.1. The Morgan fingerprint density at radius 3 is 2.61 bits per heavy atom. The van der Waals surface area contributed by atoms with E-state index in [1.807, 2.05) is 37.3 Å². The summed E-state index contributed by atoms with van der Waals surface area (Å²) in [6.07, 6.45) is 4.45. The number of nitrogens with zero attached hydrogens (tertiary/aromatic N) is 3. The van der Waals surface area contributed by atoms with Gasteiger partial charge in [0.15, 0.2) is 5.72 Å². The molecule has 2 aromatic rings. The zero-order chi connectivity index (χ0) is 16.3. The predicted molar refractivity (Wildman–Crippen MR) is 87.5 cm³/mol. The summed E-state index contributed by atoms with van der Waals surface area (Å²) in [6.45, 7) is 1.82. The van der Waals surface area contributed by atoms with Crippen LogP contribution in [0.4, 0.5) is 0 Å². The number of benzene rings is 1. The van der Waals surface area contributed by atoms with Crippen LogP contribution in [-0.4, -0.2) is 26.7 Å². The Morgan fingerprint density at radius 1 is 1.22 bits per heavy atom. The van der Waals surface area contributed by atoms with Crippen molar-refractivity contribution < 1.29 is 9.90 Å². The number of carbonyl (C=O) groups is 1. The number of aliphatic hydroxyl groups is 1. The minimum Gasteiger partial charge on any atom is -0.365 e. The van der Waals surface area contributed by atoms with Crippen LogP contribution in [0, 0.1) is 0 Å². The van der Waals surface area contributed by atoms with Crippen molar-refractivity contribution in [2.45, 2.75) is 31.9 Å². The molecule has 1 atom stereocenters. The van der Waals surface area contributed by atoms with Gasteiger partial charge in [-0.3, -0.25) is 9.78 Å². The van der Waals surface area contributed by atoms with E-state index in [2.05, 4.69) is 10.1 Å². The molecule has 0 spiro atoms. The smallest absolute Gasteiger partial charge is 0.245 e. The van der Waals surface area contributed by atoms with Gasteiger partial charge in [0.1, 0.15) is 0 Å². The van der Waals surface area contributed by atoms with E-state index < -0.39 is 5.72 Å². The maximum Gasteiger partial charge on any atom is 0.245 e. The molecule has 1 unspecified atom stereocenters. The summed E-state index contributed by atoms with van der Waals surface area (Å²) in [5.74, 6) is -0.190. The van der Waals surface area contributed by atoms with Gasteiger partial charge in [0.05, 0.1) is 0 Å². The number of aryl methyl sites for hydroxylation is 1. The van der Waals surface area contributed by atoms with E-state index in [0.717, 1.165) is 11.3 Å². The molecule has 3 rings (SSSR count). The fraction of sp³-hybridized carbons (Fsp3) is 0.278. The highest BCUT2D eigenvalue weighted by atomic mass is 16.3. The van der Waals surface area contributed by atoms with Gasteiger partial charge in [0.2, 0.25) is 5.91 Å². The van der Waals surface area contributed by atoms with E-state index in [1.54, 1.807) is 24.5 Å². The van der Waals surface area contributed by atoms with Gasteiger partial charge < -0.3 is 5.11 Å². The molecule has 0 saturated heterocycles. The summed E-state index contributed by atoms with van der Waals surface area (Å²) < 4.78 is 0. The molecule has 118 valence electrons. The molecule has 1 aromatic heterocycles. The maximum absolute atomic E-state index is 12.6. The van der Waals surface area contributed by atoms with Crippen LogP contribution in [-0.2, 0) is 16.9 Å². The van der Waals surface area contributed by atoms with Gasteiger partial charge >= 0.3 is 0 Å². The minimum absolute atomic E-state index is 0.190. The van der Waals surface area contributed by atoms with Crippen molar-refractivity contribution in [2.75, 3.05) is 0 Å². The van der Waals surface area contributed by atoms with E-state index in [-0.39, 0.29) is 5.91 Å². The Bertz CT molecular complexity index is 716. The lowest BCUT2D eigenvalue weighted by molar-refractivity contribution is -0.157. The largest absolute Gasteiger partial charge is 0.365 e. The molecule has 1 amide bonds. The lowest BCUT2D eigenvalue weighted by Crippen LogP contribution is -2.43. The number of pyridine rings is 1. The first-order valence-electron chi connectivity index (χ1n) is 7.63. The number of hydrogen-bond acceptors (Lipinski definition) is 4. The second-order valence-corrected chi connectivity index (χ2v) is 5.76. The third kappa shape index (κ3) is 3.14. The Morgan fingerprint density at radius 2 is 1.91 bits per heavy atom. The number of hydrazone groups is 1. The quantitative estimate of drug-likeness (QED) is 0.943. The lowest BCUT2D eigenvalue weighted by Gasteiger charge is -2.31. The van der Waals surface area contributed by atoms with Crippen LogP contribution < -0.4 is 0 Å². The normalized spacial score (nSPS) is 20.4. The van der Waals surface area contributed by atoms with Crippen LogP contribution >= 0.6 is 0 Å². The summed E-state index contributed by atoms with van der Waals surface area (Å²) in [6, 6.07) is 13.2. The zero-order valence-electron chi connectivity index (χ0n) is 13.0. The van der Waals surface area contributed by atoms with Gasteiger partial charge in [-0.2, -0.15) is 10.1 Å². The van der Waals surface area contributed by atoms with Crippen molar-refractivity contribution >= 4 is 11.6 Å². The summed E-state index contributed by atoms with van der Waals surface area (Å²) in [5, 5.41) is 16.5. The van der Waals surface area contributed by atoms with E-state index in [0.29, 0.717) is 24.8 Å².